The molecule has 0 radical (unpaired) electrons. The number of amides is 1. The van der Waals surface area contributed by atoms with Gasteiger partial charge in [0, 0.05) is 6.42 Å². The summed E-state index contributed by atoms with van der Waals surface area (Å²) in [6.07, 6.45) is 82.4. The van der Waals surface area contributed by atoms with Crippen LogP contribution in [0.1, 0.15) is 380 Å². The third-order valence-electron chi connectivity index (χ3n) is 16.1. The molecule has 5 heteroatoms. The first kappa shape index (κ1) is 71.8. The normalized spacial score (nSPS) is 13.2. The molecule has 3 unspecified atom stereocenters. The number of allylic oxidation sites excluding steroid dienone is 4. The van der Waals surface area contributed by atoms with Gasteiger partial charge in [0.2, 0.25) is 5.91 Å². The van der Waals surface area contributed by atoms with Crippen LogP contribution < -0.4 is 5.32 Å². The molecule has 73 heavy (non-hydrogen) atoms. The van der Waals surface area contributed by atoms with Crippen LogP contribution in [0.2, 0.25) is 0 Å². The maximum Gasteiger partial charge on any atom is 0.220 e. The maximum absolute atomic E-state index is 12.6. The Kier molecular flexibility index (Phi) is 62.3. The van der Waals surface area contributed by atoms with E-state index >= 15 is 0 Å². The number of carbonyl (C=O) groups excluding carboxylic acids is 1. The molecule has 0 saturated carbocycles. The summed E-state index contributed by atoms with van der Waals surface area (Å²) in [6, 6.07) is -0.809. The quantitative estimate of drug-likeness (QED) is 0.0361. The second-order valence-electron chi connectivity index (χ2n) is 23.4. The van der Waals surface area contributed by atoms with Gasteiger partial charge in [-0.1, -0.05) is 353 Å². The molecule has 0 aliphatic rings. The van der Waals surface area contributed by atoms with E-state index in [0.717, 1.165) is 38.5 Å². The fraction of sp³-hybridized carbons (Fsp3) is 0.926. The van der Waals surface area contributed by atoms with Gasteiger partial charge in [-0.3, -0.25) is 4.79 Å². The molecule has 0 aromatic rings. The van der Waals surface area contributed by atoms with Gasteiger partial charge in [0.1, 0.15) is 6.10 Å². The van der Waals surface area contributed by atoms with Gasteiger partial charge in [-0.25, -0.2) is 0 Å². The number of nitrogens with one attached hydrogen (secondary N) is 1. The van der Waals surface area contributed by atoms with Crippen molar-refractivity contribution in [3.05, 3.63) is 24.3 Å². The molecule has 0 aliphatic carbocycles. The van der Waals surface area contributed by atoms with E-state index in [1.54, 1.807) is 0 Å². The average Bonchev–Trinajstić information content (AvgIpc) is 3.40. The van der Waals surface area contributed by atoms with Crippen molar-refractivity contribution in [3.63, 3.8) is 0 Å². The topological polar surface area (TPSA) is 89.8 Å². The predicted molar refractivity (Wildman–Crippen MR) is 324 cm³/mol. The highest BCUT2D eigenvalue weighted by Crippen LogP contribution is 2.19. The Hall–Kier alpha value is -1.17. The first-order valence-electron chi connectivity index (χ1n) is 33.6. The summed E-state index contributed by atoms with van der Waals surface area (Å²) in [7, 11) is 0. The standard InChI is InChI=1S/C68H133NO4/c1-3-5-7-9-11-13-15-17-19-21-23-25-26-27-28-29-30-31-32-33-34-35-36-37-38-39-40-41-42-43-45-47-49-51-53-55-57-59-61-63-67(72)69-65(64-70)68(73)66(71)62-60-58-56-54-52-50-48-46-44-24-22-20-18-16-14-12-10-8-6-4-2/h30-31,33-34,65-66,68,70-71,73H,3-29,32,35-64H2,1-2H3,(H,69,72)/b31-30-,34-33-. The Morgan fingerprint density at radius 1 is 0.342 bits per heavy atom. The third kappa shape index (κ3) is 58.4. The van der Waals surface area contributed by atoms with Gasteiger partial charge < -0.3 is 20.6 Å². The third-order valence-corrected chi connectivity index (χ3v) is 16.1. The molecule has 434 valence electrons. The number of rotatable bonds is 63. The highest BCUT2D eigenvalue weighted by Gasteiger charge is 2.26. The zero-order valence-corrected chi connectivity index (χ0v) is 49.8. The lowest BCUT2D eigenvalue weighted by molar-refractivity contribution is -0.124. The van der Waals surface area contributed by atoms with E-state index in [2.05, 4.69) is 43.5 Å². The number of aliphatic hydroxyl groups excluding tert-OH is 3. The van der Waals surface area contributed by atoms with E-state index in [0.29, 0.717) is 12.8 Å². The smallest absolute Gasteiger partial charge is 0.220 e. The van der Waals surface area contributed by atoms with E-state index in [9.17, 15) is 20.1 Å². The number of hydrogen-bond acceptors (Lipinski definition) is 4. The summed E-state index contributed by atoms with van der Waals surface area (Å²) in [4.78, 5) is 12.6. The van der Waals surface area contributed by atoms with Crippen molar-refractivity contribution in [1.29, 1.82) is 0 Å². The fourth-order valence-electron chi connectivity index (χ4n) is 10.9. The van der Waals surface area contributed by atoms with Crippen LogP contribution in [0.15, 0.2) is 24.3 Å². The van der Waals surface area contributed by atoms with Crippen LogP contribution >= 0.6 is 0 Å². The maximum atomic E-state index is 12.6. The van der Waals surface area contributed by atoms with Gasteiger partial charge in [0.25, 0.3) is 0 Å². The lowest BCUT2D eigenvalue weighted by Crippen LogP contribution is -2.50. The minimum absolute atomic E-state index is 0.137. The number of hydrogen-bond donors (Lipinski definition) is 4. The largest absolute Gasteiger partial charge is 0.394 e. The van der Waals surface area contributed by atoms with Crippen LogP contribution in [0, 0.1) is 0 Å². The van der Waals surface area contributed by atoms with Gasteiger partial charge in [-0.05, 0) is 44.9 Å². The van der Waals surface area contributed by atoms with Crippen LogP contribution in [0.5, 0.6) is 0 Å². The van der Waals surface area contributed by atoms with E-state index in [4.69, 9.17) is 0 Å². The molecule has 3 atom stereocenters. The Labute approximate surface area is 458 Å². The lowest BCUT2D eigenvalue weighted by atomic mass is 9.99. The van der Waals surface area contributed by atoms with Gasteiger partial charge >= 0.3 is 0 Å². The molecule has 1 amide bonds. The number of aliphatic hydroxyl groups is 3. The molecule has 0 saturated heterocycles. The van der Waals surface area contributed by atoms with Crippen molar-refractivity contribution in [3.8, 4) is 0 Å². The lowest BCUT2D eigenvalue weighted by Gasteiger charge is -2.26. The molecule has 0 aromatic carbocycles. The van der Waals surface area contributed by atoms with Crippen molar-refractivity contribution in [2.75, 3.05) is 6.61 Å². The molecule has 0 spiro atoms. The van der Waals surface area contributed by atoms with E-state index < -0.39 is 18.2 Å². The first-order valence-corrected chi connectivity index (χ1v) is 33.6. The Morgan fingerprint density at radius 2 is 0.589 bits per heavy atom. The number of unbranched alkanes of at least 4 members (excludes halogenated alkanes) is 51. The summed E-state index contributed by atoms with van der Waals surface area (Å²) in [5.74, 6) is -0.137. The molecule has 0 heterocycles. The van der Waals surface area contributed by atoms with Crippen molar-refractivity contribution >= 4 is 5.91 Å². The highest BCUT2D eigenvalue weighted by molar-refractivity contribution is 5.76. The zero-order chi connectivity index (χ0) is 52.9. The minimum Gasteiger partial charge on any atom is -0.394 e. The monoisotopic (exact) mass is 1030 g/mol. The molecule has 0 bridgehead atoms. The zero-order valence-electron chi connectivity index (χ0n) is 49.8. The van der Waals surface area contributed by atoms with Crippen molar-refractivity contribution in [1.82, 2.24) is 5.32 Å². The molecule has 5 nitrogen and oxygen atoms in total. The predicted octanol–water partition coefficient (Wildman–Crippen LogP) is 21.6. The molecule has 4 N–H and O–H groups in total. The molecule has 0 fully saturated rings. The van der Waals surface area contributed by atoms with Crippen LogP contribution in [-0.2, 0) is 4.79 Å². The van der Waals surface area contributed by atoms with Crippen LogP contribution in [0.4, 0.5) is 0 Å². The molecule has 0 aromatic heterocycles. The molecular weight excluding hydrogens is 895 g/mol. The van der Waals surface area contributed by atoms with Gasteiger partial charge in [0.05, 0.1) is 18.8 Å². The average molecular weight is 1030 g/mol. The van der Waals surface area contributed by atoms with Gasteiger partial charge in [-0.15, -0.1) is 0 Å². The van der Waals surface area contributed by atoms with Crippen LogP contribution in [0.3, 0.4) is 0 Å². The Bertz CT molecular complexity index is 1090. The summed E-state index contributed by atoms with van der Waals surface area (Å²) in [6.45, 7) is 4.23. The first-order chi connectivity index (χ1) is 36.1. The van der Waals surface area contributed by atoms with Crippen LogP contribution in [0.25, 0.3) is 0 Å². The van der Waals surface area contributed by atoms with E-state index in [-0.39, 0.29) is 12.5 Å². The second-order valence-corrected chi connectivity index (χ2v) is 23.4. The summed E-state index contributed by atoms with van der Waals surface area (Å²) < 4.78 is 0. The van der Waals surface area contributed by atoms with E-state index in [1.807, 2.05) is 0 Å². The van der Waals surface area contributed by atoms with Gasteiger partial charge in [0.15, 0.2) is 0 Å². The molecule has 0 rings (SSSR count). The summed E-state index contributed by atoms with van der Waals surface area (Å²) in [5.41, 5.74) is 0. The Balaban J connectivity index is 3.45. The summed E-state index contributed by atoms with van der Waals surface area (Å²) >= 11 is 0. The second kappa shape index (κ2) is 63.4. The van der Waals surface area contributed by atoms with Gasteiger partial charge in [-0.2, -0.15) is 0 Å². The van der Waals surface area contributed by atoms with Crippen molar-refractivity contribution < 1.29 is 20.1 Å². The fourth-order valence-corrected chi connectivity index (χ4v) is 10.9. The number of carbonyl (C=O) groups is 1. The van der Waals surface area contributed by atoms with E-state index in [1.165, 1.54) is 315 Å². The summed E-state index contributed by atoms with van der Waals surface area (Å²) in [5, 5.41) is 33.9. The van der Waals surface area contributed by atoms with Crippen LogP contribution in [-0.4, -0.2) is 46.1 Å². The Morgan fingerprint density at radius 3 is 0.863 bits per heavy atom. The van der Waals surface area contributed by atoms with Crippen molar-refractivity contribution in [2.45, 2.75) is 398 Å². The molecular formula is C68H133NO4. The SMILES string of the molecule is CCCCCCCCCCCCCCCCC/C=C\C/C=C\CCCCCCCCCCCCCCCCCCCC(=O)NC(CO)C(O)C(O)CCCCCCCCCCCCCCCCCCCCCC. The van der Waals surface area contributed by atoms with Crippen molar-refractivity contribution in [2.24, 2.45) is 0 Å². The minimum atomic E-state index is -1.14. The molecule has 0 aliphatic heterocycles. The highest BCUT2D eigenvalue weighted by atomic mass is 16.3.